The van der Waals surface area contributed by atoms with Gasteiger partial charge in [-0.25, -0.2) is 0 Å². The molecule has 98 valence electrons. The second-order valence-electron chi connectivity index (χ2n) is 3.58. The van der Waals surface area contributed by atoms with Crippen molar-refractivity contribution in [3.8, 4) is 0 Å². The summed E-state index contributed by atoms with van der Waals surface area (Å²) in [6.45, 7) is 0.369. The third-order valence-electron chi connectivity index (χ3n) is 2.01. The molecule has 0 aliphatic carbocycles. The maximum absolute atomic E-state index is 11.8. The summed E-state index contributed by atoms with van der Waals surface area (Å²) in [7, 11) is 0. The van der Waals surface area contributed by atoms with E-state index in [0.29, 0.717) is 9.21 Å². The summed E-state index contributed by atoms with van der Waals surface area (Å²) in [5, 5.41) is 9.68. The average Bonchev–Trinajstić information content (AvgIpc) is 2.52. The van der Waals surface area contributed by atoms with Gasteiger partial charge in [0.2, 0.25) is 0 Å². The molecule has 1 aromatic rings. The molecule has 1 aromatic heterocycles. The second kappa shape index (κ2) is 6.04. The van der Waals surface area contributed by atoms with Gasteiger partial charge in [0, 0.05) is 17.9 Å². The van der Waals surface area contributed by atoms with Crippen LogP contribution in [0.5, 0.6) is 0 Å². The van der Waals surface area contributed by atoms with Crippen molar-refractivity contribution in [1.82, 2.24) is 0 Å². The molecule has 0 spiro atoms. The zero-order valence-corrected chi connectivity index (χ0v) is 10.6. The number of hydrogen-bond donors (Lipinski definition) is 1. The zero-order valence-electron chi connectivity index (χ0n) is 9.05. The Labute approximate surface area is 106 Å². The first-order chi connectivity index (χ1) is 7.79. The normalized spacial score (nSPS) is 14.0. The van der Waals surface area contributed by atoms with E-state index in [4.69, 9.17) is 11.6 Å². The van der Waals surface area contributed by atoms with Gasteiger partial charge < -0.3 is 9.84 Å². The number of alkyl halides is 3. The van der Waals surface area contributed by atoms with E-state index in [2.05, 4.69) is 4.74 Å². The smallest absolute Gasteiger partial charge is 0.387 e. The Morgan fingerprint density at radius 1 is 1.53 bits per heavy atom. The molecule has 0 bridgehead atoms. The van der Waals surface area contributed by atoms with Crippen molar-refractivity contribution >= 4 is 22.9 Å². The van der Waals surface area contributed by atoms with Crippen LogP contribution in [0.1, 0.15) is 23.0 Å². The summed E-state index contributed by atoms with van der Waals surface area (Å²) in [6.07, 6.45) is -5.04. The number of aryl methyl sites for hydroxylation is 1. The van der Waals surface area contributed by atoms with Gasteiger partial charge in [-0.15, -0.1) is 11.3 Å². The average molecular weight is 289 g/mol. The van der Waals surface area contributed by atoms with Gasteiger partial charge in [0.25, 0.3) is 0 Å². The third-order valence-corrected chi connectivity index (χ3v) is 3.66. The van der Waals surface area contributed by atoms with Crippen LogP contribution in [0, 0.1) is 6.92 Å². The SMILES string of the molecule is Cc1cc(C(O)CCOCC(F)(F)F)sc1Cl. The van der Waals surface area contributed by atoms with Gasteiger partial charge in [0.1, 0.15) is 6.61 Å². The molecule has 7 heteroatoms. The Bertz CT molecular complexity index is 345. The van der Waals surface area contributed by atoms with Gasteiger partial charge >= 0.3 is 6.18 Å². The van der Waals surface area contributed by atoms with E-state index in [9.17, 15) is 18.3 Å². The molecule has 0 radical (unpaired) electrons. The molecule has 17 heavy (non-hydrogen) atoms. The summed E-state index contributed by atoms with van der Waals surface area (Å²) in [4.78, 5) is 0.642. The van der Waals surface area contributed by atoms with Gasteiger partial charge in [0.05, 0.1) is 10.4 Å². The number of ether oxygens (including phenoxy) is 1. The van der Waals surface area contributed by atoms with Crippen LogP contribution in [0.3, 0.4) is 0 Å². The van der Waals surface area contributed by atoms with Crippen LogP contribution in [-0.2, 0) is 4.74 Å². The Kier molecular flexibility index (Phi) is 5.24. The lowest BCUT2D eigenvalue weighted by atomic mass is 10.2. The second-order valence-corrected chi connectivity index (χ2v) is 5.26. The van der Waals surface area contributed by atoms with Crippen LogP contribution < -0.4 is 0 Å². The van der Waals surface area contributed by atoms with Gasteiger partial charge in [-0.2, -0.15) is 13.2 Å². The molecule has 0 aromatic carbocycles. The molecule has 2 nitrogen and oxygen atoms in total. The number of thiophene rings is 1. The summed E-state index contributed by atoms with van der Waals surface area (Å²) in [5.74, 6) is 0. The predicted octanol–water partition coefficient (Wildman–Crippen LogP) is 3.71. The maximum atomic E-state index is 11.8. The van der Waals surface area contributed by atoms with Crippen LogP contribution in [0.4, 0.5) is 13.2 Å². The molecular weight excluding hydrogens is 277 g/mol. The molecule has 0 aliphatic rings. The zero-order chi connectivity index (χ0) is 13.1. The molecule has 0 fully saturated rings. The largest absolute Gasteiger partial charge is 0.411 e. The molecule has 1 N–H and O–H groups in total. The fourth-order valence-corrected chi connectivity index (χ4v) is 2.41. The molecule has 1 rings (SSSR count). The number of aliphatic hydroxyl groups excluding tert-OH is 1. The molecule has 0 saturated heterocycles. The Morgan fingerprint density at radius 2 is 2.18 bits per heavy atom. The lowest BCUT2D eigenvalue weighted by Gasteiger charge is -2.10. The number of rotatable bonds is 5. The van der Waals surface area contributed by atoms with E-state index < -0.39 is 18.9 Å². The van der Waals surface area contributed by atoms with E-state index >= 15 is 0 Å². The van der Waals surface area contributed by atoms with Crippen LogP contribution in [-0.4, -0.2) is 24.5 Å². The number of halogens is 4. The highest BCUT2D eigenvalue weighted by Crippen LogP contribution is 2.32. The first-order valence-corrected chi connectivity index (χ1v) is 6.07. The highest BCUT2D eigenvalue weighted by Gasteiger charge is 2.27. The predicted molar refractivity (Wildman–Crippen MR) is 60.5 cm³/mol. The Hall–Kier alpha value is -0.300. The van der Waals surface area contributed by atoms with Crippen LogP contribution in [0.25, 0.3) is 0 Å². The fourth-order valence-electron chi connectivity index (χ4n) is 1.17. The quantitative estimate of drug-likeness (QED) is 0.837. The van der Waals surface area contributed by atoms with Crippen LogP contribution in [0.2, 0.25) is 4.34 Å². The van der Waals surface area contributed by atoms with Crippen molar-refractivity contribution in [2.24, 2.45) is 0 Å². The summed E-state index contributed by atoms with van der Waals surface area (Å²) >= 11 is 7.05. The van der Waals surface area contributed by atoms with Crippen molar-refractivity contribution in [3.63, 3.8) is 0 Å². The topological polar surface area (TPSA) is 29.5 Å². The maximum Gasteiger partial charge on any atom is 0.411 e. The van der Waals surface area contributed by atoms with Gasteiger partial charge in [-0.1, -0.05) is 11.6 Å². The van der Waals surface area contributed by atoms with E-state index in [1.54, 1.807) is 13.0 Å². The lowest BCUT2D eigenvalue weighted by Crippen LogP contribution is -2.18. The summed E-state index contributed by atoms with van der Waals surface area (Å²) < 4.78 is 40.3. The summed E-state index contributed by atoms with van der Waals surface area (Å²) in [6, 6.07) is 1.72. The van der Waals surface area contributed by atoms with Crippen LogP contribution in [0.15, 0.2) is 6.07 Å². The molecule has 1 atom stereocenters. The first kappa shape index (κ1) is 14.8. The van der Waals surface area contributed by atoms with Crippen molar-refractivity contribution in [3.05, 3.63) is 20.8 Å². The molecule has 0 saturated carbocycles. The van der Waals surface area contributed by atoms with Crippen molar-refractivity contribution < 1.29 is 23.0 Å². The van der Waals surface area contributed by atoms with E-state index in [1.165, 1.54) is 11.3 Å². The third kappa shape index (κ3) is 5.25. The lowest BCUT2D eigenvalue weighted by molar-refractivity contribution is -0.175. The minimum Gasteiger partial charge on any atom is -0.387 e. The van der Waals surface area contributed by atoms with Crippen molar-refractivity contribution in [2.45, 2.75) is 25.6 Å². The first-order valence-electron chi connectivity index (χ1n) is 4.88. The van der Waals surface area contributed by atoms with E-state index in [0.717, 1.165) is 5.56 Å². The number of hydrogen-bond acceptors (Lipinski definition) is 3. The van der Waals surface area contributed by atoms with Gasteiger partial charge in [0.15, 0.2) is 0 Å². The fraction of sp³-hybridized carbons (Fsp3) is 0.600. The molecule has 1 heterocycles. The highest BCUT2D eigenvalue weighted by molar-refractivity contribution is 7.16. The highest BCUT2D eigenvalue weighted by atomic mass is 35.5. The molecule has 1 unspecified atom stereocenters. The Morgan fingerprint density at radius 3 is 2.65 bits per heavy atom. The molecule has 0 amide bonds. The number of aliphatic hydroxyl groups is 1. The van der Waals surface area contributed by atoms with Gasteiger partial charge in [-0.05, 0) is 18.6 Å². The molecular formula is C10H12ClF3O2S. The standard InChI is InChI=1S/C10H12ClF3O2S/c1-6-4-8(17-9(6)11)7(15)2-3-16-5-10(12,13)14/h4,7,15H,2-3,5H2,1H3. The van der Waals surface area contributed by atoms with Crippen molar-refractivity contribution in [1.29, 1.82) is 0 Å². The minimum absolute atomic E-state index is 0.117. The Balaban J connectivity index is 2.33. The summed E-state index contributed by atoms with van der Waals surface area (Å²) in [5.41, 5.74) is 0.849. The van der Waals surface area contributed by atoms with Crippen LogP contribution >= 0.6 is 22.9 Å². The van der Waals surface area contributed by atoms with E-state index in [-0.39, 0.29) is 13.0 Å². The van der Waals surface area contributed by atoms with Crippen molar-refractivity contribution in [2.75, 3.05) is 13.2 Å². The van der Waals surface area contributed by atoms with E-state index in [1.807, 2.05) is 0 Å². The van der Waals surface area contributed by atoms with Gasteiger partial charge in [-0.3, -0.25) is 0 Å². The molecule has 0 aliphatic heterocycles. The monoisotopic (exact) mass is 288 g/mol. The minimum atomic E-state index is -4.33.